The minimum Gasteiger partial charge on any atom is -0.481 e. The van der Waals surface area contributed by atoms with Gasteiger partial charge in [0.1, 0.15) is 24.0 Å². The summed E-state index contributed by atoms with van der Waals surface area (Å²) in [4.78, 5) is 41.1. The van der Waals surface area contributed by atoms with Gasteiger partial charge in [-0.25, -0.2) is 4.79 Å². The Kier molecular flexibility index (Phi) is 21.9. The number of rotatable bonds is 27. The fourth-order valence-electron chi connectivity index (χ4n) is 6.68. The van der Waals surface area contributed by atoms with E-state index in [1.54, 1.807) is 58.0 Å². The summed E-state index contributed by atoms with van der Waals surface area (Å²) in [6.07, 6.45) is 15.5. The largest absolute Gasteiger partial charge is 0.481 e. The minimum atomic E-state index is -2.31. The van der Waals surface area contributed by atoms with E-state index in [1.807, 2.05) is 6.08 Å². The van der Waals surface area contributed by atoms with Crippen molar-refractivity contribution in [2.75, 3.05) is 26.4 Å². The zero-order valence-electron chi connectivity index (χ0n) is 38.1. The van der Waals surface area contributed by atoms with Crippen LogP contribution in [-0.2, 0) is 39.4 Å². The Hall–Kier alpha value is -3.21. The lowest BCUT2D eigenvalue weighted by Crippen LogP contribution is -2.57. The molecule has 0 bridgehead atoms. The van der Waals surface area contributed by atoms with Gasteiger partial charge < -0.3 is 39.5 Å². The second-order valence-corrected chi connectivity index (χ2v) is 23.3. The first-order valence-electron chi connectivity index (χ1n) is 21.9. The summed E-state index contributed by atoms with van der Waals surface area (Å²) in [5.74, 6) is 1.94. The number of nitrogens with two attached hydrogens (primary N) is 1. The van der Waals surface area contributed by atoms with E-state index < -0.39 is 55.1 Å². The van der Waals surface area contributed by atoms with E-state index in [2.05, 4.69) is 57.9 Å². The number of carbonyl (C=O) groups excluding carboxylic acids is 3. The zero-order valence-corrected chi connectivity index (χ0v) is 39.1. The van der Waals surface area contributed by atoms with Crippen molar-refractivity contribution in [2.24, 2.45) is 11.7 Å². The molecule has 0 unspecified atom stereocenters. The Labute approximate surface area is 357 Å². The molecule has 11 nitrogen and oxygen atoms in total. The molecule has 0 aromatic heterocycles. The van der Waals surface area contributed by atoms with Gasteiger partial charge >= 0.3 is 5.97 Å². The summed E-state index contributed by atoms with van der Waals surface area (Å²) in [6.45, 7) is 21.1. The Morgan fingerprint density at radius 1 is 0.949 bits per heavy atom. The zero-order chi connectivity index (χ0) is 44.2. The van der Waals surface area contributed by atoms with Crippen LogP contribution in [0.5, 0.6) is 5.75 Å². The lowest BCUT2D eigenvalue weighted by Gasteiger charge is -2.38. The van der Waals surface area contributed by atoms with E-state index in [0.717, 1.165) is 50.5 Å². The summed E-state index contributed by atoms with van der Waals surface area (Å²) in [5.41, 5.74) is 3.30. The van der Waals surface area contributed by atoms with Crippen LogP contribution in [0, 0.1) is 17.8 Å². The van der Waals surface area contributed by atoms with Gasteiger partial charge in [0.2, 0.25) is 11.8 Å². The number of unbranched alkanes of at least 4 members (excludes halogenated alkanes) is 8. The van der Waals surface area contributed by atoms with E-state index >= 15 is 0 Å². The molecule has 1 aliphatic rings. The minimum absolute atomic E-state index is 0.0228. The monoisotopic (exact) mass is 843 g/mol. The lowest BCUT2D eigenvalue weighted by molar-refractivity contribution is -0.185. The fourth-order valence-corrected chi connectivity index (χ4v) is 7.72. The van der Waals surface area contributed by atoms with Crippen LogP contribution in [0.15, 0.2) is 36.4 Å². The van der Waals surface area contributed by atoms with Gasteiger partial charge in [-0.1, -0.05) is 96.4 Å². The van der Waals surface area contributed by atoms with Crippen molar-refractivity contribution < 1.29 is 42.9 Å². The lowest BCUT2D eigenvalue weighted by atomic mass is 9.82. The van der Waals surface area contributed by atoms with Gasteiger partial charge in [-0.2, -0.15) is 0 Å². The molecule has 2 amide bonds. The normalized spacial score (nSPS) is 16.5. The molecular formula is C47H78N2O9Si. The Balaban J connectivity index is 2.28. The van der Waals surface area contributed by atoms with Crippen LogP contribution in [0.25, 0.3) is 0 Å². The third-order valence-electron chi connectivity index (χ3n) is 11.3. The Bertz CT molecular complexity index is 1510. The molecule has 59 heavy (non-hydrogen) atoms. The maximum Gasteiger partial charge on any atom is 0.339 e. The van der Waals surface area contributed by atoms with Gasteiger partial charge in [-0.15, -0.1) is 5.92 Å². The topological polar surface area (TPSA) is 156 Å². The summed E-state index contributed by atoms with van der Waals surface area (Å²) in [7, 11) is -2.29. The van der Waals surface area contributed by atoms with Gasteiger partial charge in [-0.05, 0) is 89.2 Å². The molecule has 4 N–H and O–H groups in total. The van der Waals surface area contributed by atoms with Crippen LogP contribution >= 0.6 is 0 Å². The van der Waals surface area contributed by atoms with Crippen LogP contribution in [0.2, 0.25) is 18.1 Å². The van der Waals surface area contributed by atoms with E-state index in [4.69, 9.17) is 29.1 Å². The highest BCUT2D eigenvalue weighted by molar-refractivity contribution is 6.74. The number of aliphatic hydroxyl groups is 1. The molecule has 0 saturated carbocycles. The van der Waals surface area contributed by atoms with Crippen LogP contribution in [-0.4, -0.2) is 80.7 Å². The van der Waals surface area contributed by atoms with Gasteiger partial charge in [0.15, 0.2) is 19.7 Å². The molecule has 1 heterocycles. The number of ether oxygens (including phenoxy) is 4. The number of amides is 2. The number of nitrogens with one attached hydrogen (secondary N) is 1. The van der Waals surface area contributed by atoms with Crippen molar-refractivity contribution in [3.05, 3.63) is 42.0 Å². The molecular weight excluding hydrogens is 765 g/mol. The SMILES string of the molecule is CC#CCOc1ccc(C[C@H](NC(=O)[C@@H](/C=C/CCCCCCC2(CCCCCCC)OCCO2)[C@@](O)(CCO[Si](C)(C)C(C)(C)C)C(=O)OC(C)(C)C)C(N)=O)cc1. The van der Waals surface area contributed by atoms with Crippen molar-refractivity contribution in [2.45, 2.75) is 186 Å². The third kappa shape index (κ3) is 18.5. The second-order valence-electron chi connectivity index (χ2n) is 18.4. The predicted octanol–water partition coefficient (Wildman–Crippen LogP) is 8.70. The number of allylic oxidation sites excluding steroid dienone is 1. The van der Waals surface area contributed by atoms with E-state index in [9.17, 15) is 19.5 Å². The summed E-state index contributed by atoms with van der Waals surface area (Å²) >= 11 is 0. The van der Waals surface area contributed by atoms with Gasteiger partial charge in [0.25, 0.3) is 0 Å². The van der Waals surface area contributed by atoms with Crippen LogP contribution in [0.4, 0.5) is 0 Å². The molecule has 1 aromatic carbocycles. The van der Waals surface area contributed by atoms with Crippen molar-refractivity contribution in [1.29, 1.82) is 0 Å². The molecule has 0 aliphatic carbocycles. The first-order valence-corrected chi connectivity index (χ1v) is 24.8. The quantitative estimate of drug-likeness (QED) is 0.0259. The summed E-state index contributed by atoms with van der Waals surface area (Å²) in [5, 5.41) is 15.1. The van der Waals surface area contributed by atoms with Crippen molar-refractivity contribution in [3.63, 3.8) is 0 Å². The highest BCUT2D eigenvalue weighted by Crippen LogP contribution is 2.38. The van der Waals surface area contributed by atoms with Gasteiger partial charge in [0.05, 0.1) is 19.1 Å². The molecule has 334 valence electrons. The second kappa shape index (κ2) is 24.9. The molecule has 0 radical (unpaired) electrons. The molecule has 3 atom stereocenters. The first kappa shape index (κ1) is 51.9. The molecule has 2 rings (SSSR count). The number of carbonyl (C=O) groups is 3. The Morgan fingerprint density at radius 3 is 2.08 bits per heavy atom. The molecule has 1 saturated heterocycles. The molecule has 1 aromatic rings. The molecule has 1 fully saturated rings. The molecule has 0 spiro atoms. The predicted molar refractivity (Wildman–Crippen MR) is 237 cm³/mol. The number of benzene rings is 1. The number of hydrogen-bond donors (Lipinski definition) is 3. The Morgan fingerprint density at radius 2 is 1.54 bits per heavy atom. The number of esters is 1. The van der Waals surface area contributed by atoms with Crippen molar-refractivity contribution in [3.8, 4) is 17.6 Å². The van der Waals surface area contributed by atoms with Crippen molar-refractivity contribution >= 4 is 26.1 Å². The van der Waals surface area contributed by atoms with Crippen LogP contribution in [0.1, 0.15) is 144 Å². The van der Waals surface area contributed by atoms with E-state index in [1.165, 1.54) is 25.7 Å². The number of hydrogen-bond acceptors (Lipinski definition) is 9. The van der Waals surface area contributed by atoms with E-state index in [-0.39, 0.29) is 31.1 Å². The van der Waals surface area contributed by atoms with Gasteiger partial charge in [0, 0.05) is 32.3 Å². The van der Waals surface area contributed by atoms with Crippen LogP contribution in [0.3, 0.4) is 0 Å². The first-order chi connectivity index (χ1) is 27.7. The third-order valence-corrected chi connectivity index (χ3v) is 15.8. The summed E-state index contributed by atoms with van der Waals surface area (Å²) < 4.78 is 30.0. The van der Waals surface area contributed by atoms with Gasteiger partial charge in [-0.3, -0.25) is 9.59 Å². The summed E-state index contributed by atoms with van der Waals surface area (Å²) in [6, 6.07) is 5.95. The molecule has 12 heteroatoms. The van der Waals surface area contributed by atoms with E-state index in [0.29, 0.717) is 25.4 Å². The average molecular weight is 843 g/mol. The smallest absolute Gasteiger partial charge is 0.339 e. The maximum absolute atomic E-state index is 14.3. The maximum atomic E-state index is 14.3. The van der Waals surface area contributed by atoms with Crippen molar-refractivity contribution in [1.82, 2.24) is 5.32 Å². The standard InChI is InChI=1S/C47H78N2O9Si/c1-11-13-15-19-22-29-46(55-34-35-56-46)30-23-20-17-16-18-21-24-39(47(53,43(52)58-44(3,4)5)31-33-57-59(9,10)45(6,7)8)42(51)49-40(41(48)50)36-37-25-27-38(28-26-37)54-32-14-12-2/h21,24-28,39-40,53H,11,13,15-20,22-23,29-36H2,1-10H3,(H2,48,50)(H,49,51)/b24-21+/t39-,40+,47+/m1/s1. The number of primary amides is 1. The van der Waals surface area contributed by atoms with Crippen LogP contribution < -0.4 is 15.8 Å². The fraction of sp³-hybridized carbons (Fsp3) is 0.723. The highest BCUT2D eigenvalue weighted by Gasteiger charge is 2.50. The molecule has 1 aliphatic heterocycles. The average Bonchev–Trinajstić information content (AvgIpc) is 3.61. The highest BCUT2D eigenvalue weighted by atomic mass is 28.4.